The van der Waals surface area contributed by atoms with Gasteiger partial charge in [0.15, 0.2) is 0 Å². The number of hydrogen-bond acceptors (Lipinski definition) is 3. The van der Waals surface area contributed by atoms with Crippen molar-refractivity contribution in [1.29, 1.82) is 0 Å². The molecular weight excluding hydrogens is 260 g/mol. The van der Waals surface area contributed by atoms with Crippen molar-refractivity contribution in [3.8, 4) is 11.6 Å². The van der Waals surface area contributed by atoms with E-state index in [-0.39, 0.29) is 0 Å². The Labute approximate surface area is 126 Å². The predicted octanol–water partition coefficient (Wildman–Crippen LogP) is 4.42. The monoisotopic (exact) mass is 282 g/mol. The number of ether oxygens (including phenoxy) is 1. The third-order valence-electron chi connectivity index (χ3n) is 4.14. The summed E-state index contributed by atoms with van der Waals surface area (Å²) in [5.74, 6) is 1.59. The molecule has 1 aliphatic rings. The molecule has 1 aromatic heterocycles. The van der Waals surface area contributed by atoms with Crippen LogP contribution in [0.2, 0.25) is 0 Å². The standard InChI is InChI=1S/C18H22N2O/c1-2-20-14-7-6-12-17(20)16-11-8-13-19-18(16)21-15-9-4-3-5-10-15/h3-5,8-11,13,17H,2,6-7,12,14H2,1H3/t17-/m1/s1. The lowest BCUT2D eigenvalue weighted by Crippen LogP contribution is -2.33. The molecule has 3 rings (SSSR count). The second-order valence-electron chi connectivity index (χ2n) is 5.45. The quantitative estimate of drug-likeness (QED) is 0.830. The Morgan fingerprint density at radius 3 is 2.81 bits per heavy atom. The van der Waals surface area contributed by atoms with Gasteiger partial charge in [-0.05, 0) is 44.1 Å². The highest BCUT2D eigenvalue weighted by molar-refractivity contribution is 5.34. The van der Waals surface area contributed by atoms with E-state index in [4.69, 9.17) is 4.74 Å². The van der Waals surface area contributed by atoms with E-state index in [9.17, 15) is 0 Å². The summed E-state index contributed by atoms with van der Waals surface area (Å²) in [5.41, 5.74) is 1.21. The smallest absolute Gasteiger partial charge is 0.223 e. The molecular formula is C18H22N2O. The van der Waals surface area contributed by atoms with Crippen LogP contribution in [0, 0.1) is 0 Å². The van der Waals surface area contributed by atoms with E-state index in [2.05, 4.69) is 22.9 Å². The first-order valence-corrected chi connectivity index (χ1v) is 7.80. The predicted molar refractivity (Wildman–Crippen MR) is 84.6 cm³/mol. The fourth-order valence-corrected chi connectivity index (χ4v) is 3.06. The van der Waals surface area contributed by atoms with Crippen LogP contribution in [-0.4, -0.2) is 23.0 Å². The lowest BCUT2D eigenvalue weighted by atomic mass is 9.96. The first-order chi connectivity index (χ1) is 10.4. The summed E-state index contributed by atoms with van der Waals surface area (Å²) in [6.45, 7) is 4.47. The molecule has 1 fully saturated rings. The lowest BCUT2D eigenvalue weighted by Gasteiger charge is -2.35. The maximum atomic E-state index is 6.02. The third-order valence-corrected chi connectivity index (χ3v) is 4.14. The van der Waals surface area contributed by atoms with Crippen LogP contribution in [0.15, 0.2) is 48.7 Å². The number of aromatic nitrogens is 1. The van der Waals surface area contributed by atoms with Crippen LogP contribution in [0.1, 0.15) is 37.8 Å². The van der Waals surface area contributed by atoms with Crippen molar-refractivity contribution < 1.29 is 4.74 Å². The number of nitrogens with zero attached hydrogens (tertiary/aromatic N) is 2. The molecule has 21 heavy (non-hydrogen) atoms. The molecule has 110 valence electrons. The molecule has 0 unspecified atom stereocenters. The molecule has 1 saturated heterocycles. The van der Waals surface area contributed by atoms with E-state index in [0.717, 1.165) is 18.2 Å². The Morgan fingerprint density at radius 1 is 1.14 bits per heavy atom. The van der Waals surface area contributed by atoms with E-state index >= 15 is 0 Å². The van der Waals surface area contributed by atoms with E-state index in [1.165, 1.54) is 31.4 Å². The summed E-state index contributed by atoms with van der Waals surface area (Å²) in [5, 5.41) is 0. The largest absolute Gasteiger partial charge is 0.439 e. The van der Waals surface area contributed by atoms with Gasteiger partial charge in [-0.1, -0.05) is 37.6 Å². The van der Waals surface area contributed by atoms with Crippen molar-refractivity contribution in [3.63, 3.8) is 0 Å². The number of benzene rings is 1. The molecule has 0 N–H and O–H groups in total. The number of pyridine rings is 1. The average molecular weight is 282 g/mol. The number of para-hydroxylation sites is 1. The summed E-state index contributed by atoms with van der Waals surface area (Å²) in [7, 11) is 0. The van der Waals surface area contributed by atoms with Crippen LogP contribution in [-0.2, 0) is 0 Å². The van der Waals surface area contributed by atoms with Gasteiger partial charge in [0.2, 0.25) is 5.88 Å². The van der Waals surface area contributed by atoms with Gasteiger partial charge in [-0.25, -0.2) is 4.98 Å². The van der Waals surface area contributed by atoms with Crippen LogP contribution in [0.3, 0.4) is 0 Å². The molecule has 1 atom stereocenters. The molecule has 1 aromatic carbocycles. The van der Waals surface area contributed by atoms with Crippen molar-refractivity contribution in [1.82, 2.24) is 9.88 Å². The summed E-state index contributed by atoms with van der Waals surface area (Å²) < 4.78 is 6.02. The van der Waals surface area contributed by atoms with Gasteiger partial charge in [0.1, 0.15) is 5.75 Å². The zero-order valence-corrected chi connectivity index (χ0v) is 12.5. The molecule has 0 aliphatic carbocycles. The third kappa shape index (κ3) is 3.24. The Balaban J connectivity index is 1.88. The van der Waals surface area contributed by atoms with Gasteiger partial charge in [-0.3, -0.25) is 4.90 Å². The number of rotatable bonds is 4. The summed E-state index contributed by atoms with van der Waals surface area (Å²) in [4.78, 5) is 7.00. The summed E-state index contributed by atoms with van der Waals surface area (Å²) in [6, 6.07) is 14.5. The van der Waals surface area contributed by atoms with Crippen molar-refractivity contribution >= 4 is 0 Å². The summed E-state index contributed by atoms with van der Waals surface area (Å²) in [6.07, 6.45) is 5.56. The number of hydrogen-bond donors (Lipinski definition) is 0. The van der Waals surface area contributed by atoms with Crippen LogP contribution in [0.25, 0.3) is 0 Å². The van der Waals surface area contributed by atoms with Gasteiger partial charge in [0, 0.05) is 17.8 Å². The molecule has 2 aromatic rings. The van der Waals surface area contributed by atoms with Gasteiger partial charge >= 0.3 is 0 Å². The Morgan fingerprint density at radius 2 is 2.00 bits per heavy atom. The first kappa shape index (κ1) is 14.1. The van der Waals surface area contributed by atoms with Gasteiger partial charge in [0.05, 0.1) is 0 Å². The van der Waals surface area contributed by atoms with Crippen molar-refractivity contribution in [2.75, 3.05) is 13.1 Å². The van der Waals surface area contributed by atoms with E-state index < -0.39 is 0 Å². The van der Waals surface area contributed by atoms with Crippen LogP contribution in [0.5, 0.6) is 11.6 Å². The Kier molecular flexibility index (Phi) is 4.51. The lowest BCUT2D eigenvalue weighted by molar-refractivity contribution is 0.154. The molecule has 0 amide bonds. The summed E-state index contributed by atoms with van der Waals surface area (Å²) >= 11 is 0. The molecule has 0 bridgehead atoms. The molecule has 0 radical (unpaired) electrons. The van der Waals surface area contributed by atoms with E-state index in [1.807, 2.05) is 36.4 Å². The van der Waals surface area contributed by atoms with E-state index in [0.29, 0.717) is 6.04 Å². The zero-order chi connectivity index (χ0) is 14.5. The molecule has 0 spiro atoms. The van der Waals surface area contributed by atoms with Gasteiger partial charge in [0.25, 0.3) is 0 Å². The van der Waals surface area contributed by atoms with Gasteiger partial charge in [-0.2, -0.15) is 0 Å². The maximum Gasteiger partial charge on any atom is 0.223 e. The minimum atomic E-state index is 0.427. The Hall–Kier alpha value is -1.87. The van der Waals surface area contributed by atoms with Gasteiger partial charge < -0.3 is 4.74 Å². The second-order valence-corrected chi connectivity index (χ2v) is 5.45. The fraction of sp³-hybridized carbons (Fsp3) is 0.389. The van der Waals surface area contributed by atoms with Crippen LogP contribution in [0.4, 0.5) is 0 Å². The highest BCUT2D eigenvalue weighted by Crippen LogP contribution is 2.36. The highest BCUT2D eigenvalue weighted by Gasteiger charge is 2.25. The molecule has 2 heterocycles. The first-order valence-electron chi connectivity index (χ1n) is 7.80. The molecule has 0 saturated carbocycles. The second kappa shape index (κ2) is 6.72. The van der Waals surface area contributed by atoms with Crippen molar-refractivity contribution in [2.24, 2.45) is 0 Å². The zero-order valence-electron chi connectivity index (χ0n) is 12.5. The molecule has 3 nitrogen and oxygen atoms in total. The Bertz CT molecular complexity index is 570. The van der Waals surface area contributed by atoms with Crippen LogP contribution < -0.4 is 4.74 Å². The molecule has 3 heteroatoms. The fourth-order valence-electron chi connectivity index (χ4n) is 3.06. The van der Waals surface area contributed by atoms with Gasteiger partial charge in [-0.15, -0.1) is 0 Å². The van der Waals surface area contributed by atoms with E-state index in [1.54, 1.807) is 6.20 Å². The van der Waals surface area contributed by atoms with Crippen molar-refractivity contribution in [2.45, 2.75) is 32.2 Å². The highest BCUT2D eigenvalue weighted by atomic mass is 16.5. The normalized spacial score (nSPS) is 19.4. The number of likely N-dealkylation sites (tertiary alicyclic amines) is 1. The topological polar surface area (TPSA) is 25.4 Å². The minimum Gasteiger partial charge on any atom is -0.439 e. The minimum absolute atomic E-state index is 0.427. The SMILES string of the molecule is CCN1CCCC[C@@H]1c1cccnc1Oc1ccccc1. The van der Waals surface area contributed by atoms with Crippen molar-refractivity contribution in [3.05, 3.63) is 54.2 Å². The van der Waals surface area contributed by atoms with Crippen LogP contribution >= 0.6 is 0 Å². The average Bonchev–Trinajstić information content (AvgIpc) is 2.56. The maximum absolute atomic E-state index is 6.02. The molecule has 1 aliphatic heterocycles. The number of piperidine rings is 1.